The SMILES string of the molecule is CC(CN1CCCCC1)C(O)c1ccccc1F. The number of nitrogens with zero attached hydrogens (tertiary/aromatic N) is 1. The van der Waals surface area contributed by atoms with Gasteiger partial charge in [-0.1, -0.05) is 31.5 Å². The summed E-state index contributed by atoms with van der Waals surface area (Å²) in [6.45, 7) is 5.05. The fourth-order valence-corrected chi connectivity index (χ4v) is 2.67. The van der Waals surface area contributed by atoms with Crippen LogP contribution in [0, 0.1) is 11.7 Å². The Morgan fingerprint density at radius 1 is 1.22 bits per heavy atom. The Kier molecular flexibility index (Phi) is 4.72. The van der Waals surface area contributed by atoms with E-state index in [1.165, 1.54) is 25.3 Å². The zero-order valence-electron chi connectivity index (χ0n) is 11.0. The van der Waals surface area contributed by atoms with Crippen LogP contribution in [0.5, 0.6) is 0 Å². The van der Waals surface area contributed by atoms with Gasteiger partial charge < -0.3 is 10.0 Å². The van der Waals surface area contributed by atoms with Gasteiger partial charge in [-0.15, -0.1) is 0 Å². The van der Waals surface area contributed by atoms with Gasteiger partial charge in [0, 0.05) is 12.1 Å². The lowest BCUT2D eigenvalue weighted by molar-refractivity contribution is 0.0793. The molecule has 1 aliphatic rings. The van der Waals surface area contributed by atoms with E-state index < -0.39 is 6.10 Å². The standard InChI is InChI=1S/C15H22FNO/c1-12(11-17-9-5-2-6-10-17)15(18)13-7-3-4-8-14(13)16/h3-4,7-8,12,15,18H,2,5-6,9-11H2,1H3. The van der Waals surface area contributed by atoms with E-state index in [-0.39, 0.29) is 11.7 Å². The van der Waals surface area contributed by atoms with Crippen LogP contribution in [-0.2, 0) is 0 Å². The van der Waals surface area contributed by atoms with Crippen molar-refractivity contribution in [1.82, 2.24) is 4.90 Å². The minimum absolute atomic E-state index is 0.0556. The van der Waals surface area contributed by atoms with Crippen LogP contribution in [0.2, 0.25) is 0 Å². The van der Waals surface area contributed by atoms with Gasteiger partial charge >= 0.3 is 0 Å². The maximum absolute atomic E-state index is 13.6. The number of aliphatic hydroxyl groups excluding tert-OH is 1. The first kappa shape index (κ1) is 13.5. The Morgan fingerprint density at radius 2 is 1.89 bits per heavy atom. The lowest BCUT2D eigenvalue weighted by Crippen LogP contribution is -2.35. The van der Waals surface area contributed by atoms with E-state index in [0.717, 1.165) is 19.6 Å². The first-order valence-corrected chi connectivity index (χ1v) is 6.83. The number of hydrogen-bond donors (Lipinski definition) is 1. The predicted octanol–water partition coefficient (Wildman–Crippen LogP) is 2.98. The molecule has 1 saturated heterocycles. The third-order valence-electron chi connectivity index (χ3n) is 3.76. The fourth-order valence-electron chi connectivity index (χ4n) is 2.67. The molecule has 0 saturated carbocycles. The molecule has 1 aromatic rings. The van der Waals surface area contributed by atoms with Crippen molar-refractivity contribution in [2.24, 2.45) is 5.92 Å². The number of rotatable bonds is 4. The Balaban J connectivity index is 1.95. The Hall–Kier alpha value is -0.930. The number of piperidine rings is 1. The molecular formula is C15H22FNO. The molecule has 1 fully saturated rings. The van der Waals surface area contributed by atoms with Crippen molar-refractivity contribution < 1.29 is 9.50 Å². The number of benzene rings is 1. The highest BCUT2D eigenvalue weighted by Gasteiger charge is 2.22. The largest absolute Gasteiger partial charge is 0.388 e. The second-order valence-corrected chi connectivity index (χ2v) is 5.30. The van der Waals surface area contributed by atoms with Gasteiger partial charge in [0.05, 0.1) is 6.10 Å². The first-order chi connectivity index (χ1) is 8.68. The normalized spacial score (nSPS) is 20.6. The maximum atomic E-state index is 13.6. The van der Waals surface area contributed by atoms with Crippen LogP contribution < -0.4 is 0 Å². The van der Waals surface area contributed by atoms with E-state index in [0.29, 0.717) is 5.56 Å². The molecule has 0 aromatic heterocycles. The number of aliphatic hydroxyl groups is 1. The first-order valence-electron chi connectivity index (χ1n) is 6.83. The van der Waals surface area contributed by atoms with Crippen molar-refractivity contribution >= 4 is 0 Å². The van der Waals surface area contributed by atoms with Gasteiger partial charge in [-0.3, -0.25) is 0 Å². The van der Waals surface area contributed by atoms with Gasteiger partial charge in [0.15, 0.2) is 0 Å². The van der Waals surface area contributed by atoms with Gasteiger partial charge in [0.2, 0.25) is 0 Å². The zero-order chi connectivity index (χ0) is 13.0. The molecule has 2 unspecified atom stereocenters. The molecule has 3 heteroatoms. The van der Waals surface area contributed by atoms with Gasteiger partial charge in [-0.2, -0.15) is 0 Å². The maximum Gasteiger partial charge on any atom is 0.129 e. The van der Waals surface area contributed by atoms with Crippen molar-refractivity contribution in [3.63, 3.8) is 0 Å². The van der Waals surface area contributed by atoms with Gasteiger partial charge in [0.1, 0.15) is 5.82 Å². The minimum Gasteiger partial charge on any atom is -0.388 e. The van der Waals surface area contributed by atoms with Crippen LogP contribution in [0.1, 0.15) is 37.9 Å². The molecule has 0 bridgehead atoms. The van der Waals surface area contributed by atoms with Crippen LogP contribution in [0.4, 0.5) is 4.39 Å². The molecule has 0 radical (unpaired) electrons. The molecule has 100 valence electrons. The summed E-state index contributed by atoms with van der Waals surface area (Å²) in [7, 11) is 0. The molecule has 0 spiro atoms. The lowest BCUT2D eigenvalue weighted by Gasteiger charge is -2.31. The Labute approximate surface area is 108 Å². The highest BCUT2D eigenvalue weighted by Crippen LogP contribution is 2.25. The number of hydrogen-bond acceptors (Lipinski definition) is 2. The van der Waals surface area contributed by atoms with Crippen molar-refractivity contribution in [3.8, 4) is 0 Å². The summed E-state index contributed by atoms with van der Waals surface area (Å²) in [5, 5.41) is 10.2. The monoisotopic (exact) mass is 251 g/mol. The molecule has 1 aromatic carbocycles. The van der Waals surface area contributed by atoms with Crippen molar-refractivity contribution in [2.45, 2.75) is 32.3 Å². The van der Waals surface area contributed by atoms with E-state index in [1.54, 1.807) is 18.2 Å². The minimum atomic E-state index is -0.715. The van der Waals surface area contributed by atoms with Crippen molar-refractivity contribution in [2.75, 3.05) is 19.6 Å². The predicted molar refractivity (Wildman–Crippen MR) is 70.8 cm³/mol. The van der Waals surface area contributed by atoms with E-state index in [9.17, 15) is 9.50 Å². The summed E-state index contributed by atoms with van der Waals surface area (Å²) in [5.41, 5.74) is 0.419. The molecule has 2 rings (SSSR count). The Morgan fingerprint density at radius 3 is 2.56 bits per heavy atom. The molecule has 1 N–H and O–H groups in total. The second-order valence-electron chi connectivity index (χ2n) is 5.30. The molecular weight excluding hydrogens is 229 g/mol. The second kappa shape index (κ2) is 6.30. The third-order valence-corrected chi connectivity index (χ3v) is 3.76. The van der Waals surface area contributed by atoms with Gasteiger partial charge in [-0.05, 0) is 37.9 Å². The van der Waals surface area contributed by atoms with Gasteiger partial charge in [0.25, 0.3) is 0 Å². The highest BCUT2D eigenvalue weighted by atomic mass is 19.1. The van der Waals surface area contributed by atoms with Crippen molar-refractivity contribution in [3.05, 3.63) is 35.6 Å². The number of likely N-dealkylation sites (tertiary alicyclic amines) is 1. The summed E-state index contributed by atoms with van der Waals surface area (Å²) in [6.07, 6.45) is 3.07. The van der Waals surface area contributed by atoms with Crippen LogP contribution >= 0.6 is 0 Å². The zero-order valence-corrected chi connectivity index (χ0v) is 11.0. The smallest absolute Gasteiger partial charge is 0.129 e. The van der Waals surface area contributed by atoms with E-state index in [1.807, 2.05) is 6.92 Å². The van der Waals surface area contributed by atoms with Crippen LogP contribution in [0.25, 0.3) is 0 Å². The number of halogens is 1. The summed E-state index contributed by atoms with van der Waals surface area (Å²) in [6, 6.07) is 6.51. The fraction of sp³-hybridized carbons (Fsp3) is 0.600. The van der Waals surface area contributed by atoms with E-state index in [2.05, 4.69) is 4.90 Å². The molecule has 0 aliphatic carbocycles. The molecule has 2 nitrogen and oxygen atoms in total. The van der Waals surface area contributed by atoms with Crippen molar-refractivity contribution in [1.29, 1.82) is 0 Å². The topological polar surface area (TPSA) is 23.5 Å². The van der Waals surface area contributed by atoms with Gasteiger partial charge in [-0.25, -0.2) is 4.39 Å². The average Bonchev–Trinajstić information content (AvgIpc) is 2.39. The molecule has 18 heavy (non-hydrogen) atoms. The summed E-state index contributed by atoms with van der Waals surface area (Å²) in [4.78, 5) is 2.37. The van der Waals surface area contributed by atoms with Crippen LogP contribution in [0.15, 0.2) is 24.3 Å². The van der Waals surface area contributed by atoms with E-state index >= 15 is 0 Å². The summed E-state index contributed by atoms with van der Waals surface area (Å²) in [5.74, 6) is -0.254. The molecule has 0 amide bonds. The van der Waals surface area contributed by atoms with Crippen LogP contribution in [-0.4, -0.2) is 29.6 Å². The highest BCUT2D eigenvalue weighted by molar-refractivity contribution is 5.20. The quantitative estimate of drug-likeness (QED) is 0.889. The Bertz CT molecular complexity index is 377. The lowest BCUT2D eigenvalue weighted by atomic mass is 9.95. The molecule has 1 heterocycles. The molecule has 1 aliphatic heterocycles. The molecule has 2 atom stereocenters. The van der Waals surface area contributed by atoms with Crippen LogP contribution in [0.3, 0.4) is 0 Å². The van der Waals surface area contributed by atoms with E-state index in [4.69, 9.17) is 0 Å². The third kappa shape index (κ3) is 3.30. The summed E-state index contributed by atoms with van der Waals surface area (Å²) < 4.78 is 13.6. The summed E-state index contributed by atoms with van der Waals surface area (Å²) >= 11 is 0. The average molecular weight is 251 g/mol.